The number of aliphatic imine (C=N–C) groups is 1. The minimum absolute atomic E-state index is 0.107. The first-order chi connectivity index (χ1) is 15.6. The molecule has 0 aromatic heterocycles. The van der Waals surface area contributed by atoms with Crippen molar-refractivity contribution in [3.63, 3.8) is 0 Å². The summed E-state index contributed by atoms with van der Waals surface area (Å²) >= 11 is 0. The van der Waals surface area contributed by atoms with Crippen LogP contribution in [0, 0.1) is 5.82 Å². The van der Waals surface area contributed by atoms with Crippen LogP contribution >= 0.6 is 0 Å². The molecule has 0 bridgehead atoms. The van der Waals surface area contributed by atoms with Crippen LogP contribution < -0.4 is 5.32 Å². The number of carbonyl (C=O) groups excluding carboxylic acids is 1. The fourth-order valence-corrected chi connectivity index (χ4v) is 4.51. The number of hydrogen-bond donors (Lipinski definition) is 1. The van der Waals surface area contributed by atoms with Crippen molar-refractivity contribution in [2.45, 2.75) is 18.4 Å². The molecule has 0 spiro atoms. The summed E-state index contributed by atoms with van der Waals surface area (Å²) in [5, 5.41) is 3.29. The van der Waals surface area contributed by atoms with Gasteiger partial charge in [-0.25, -0.2) is 9.38 Å². The quantitative estimate of drug-likeness (QED) is 0.804. The van der Waals surface area contributed by atoms with Crippen molar-refractivity contribution in [3.05, 3.63) is 77.1 Å². The lowest BCUT2D eigenvalue weighted by molar-refractivity contribution is -0.126. The zero-order chi connectivity index (χ0) is 22.1. The van der Waals surface area contributed by atoms with Crippen LogP contribution in [0.3, 0.4) is 0 Å². The monoisotopic (exact) mass is 434 g/mol. The molecule has 32 heavy (non-hydrogen) atoms. The second-order valence-corrected chi connectivity index (χ2v) is 8.43. The van der Waals surface area contributed by atoms with Crippen LogP contribution in [-0.4, -0.2) is 67.6 Å². The molecular weight excluding hydrogens is 407 g/mol. The summed E-state index contributed by atoms with van der Waals surface area (Å²) in [5.74, 6) is 0.519. The average Bonchev–Trinajstić information content (AvgIpc) is 3.65. The molecule has 3 aliphatic rings. The van der Waals surface area contributed by atoms with Gasteiger partial charge in [-0.05, 0) is 24.1 Å². The van der Waals surface area contributed by atoms with E-state index in [2.05, 4.69) is 22.3 Å². The number of ether oxygens (including phenoxy) is 1. The van der Waals surface area contributed by atoms with Gasteiger partial charge in [-0.15, -0.1) is 0 Å². The number of carbonyl (C=O) groups is 1. The largest absolute Gasteiger partial charge is 0.378 e. The standard InChI is InChI=1S/C25H27FN4O2/c1-29(22-15-19(22)17-7-3-2-4-8-17)24(31)20-16-27-25(30-11-13-32-14-12-30)28-23(20)18-9-5-6-10-21(18)26/h2-10,19,22H,11-16H2,1H3,(H,27,28). The number of halogens is 1. The minimum atomic E-state index is -0.379. The topological polar surface area (TPSA) is 57.2 Å². The summed E-state index contributed by atoms with van der Waals surface area (Å²) in [4.78, 5) is 22.2. The highest BCUT2D eigenvalue weighted by Gasteiger charge is 2.44. The van der Waals surface area contributed by atoms with Gasteiger partial charge in [-0.2, -0.15) is 0 Å². The zero-order valence-corrected chi connectivity index (χ0v) is 18.1. The predicted molar refractivity (Wildman–Crippen MR) is 122 cm³/mol. The van der Waals surface area contributed by atoms with Gasteiger partial charge in [-0.1, -0.05) is 42.5 Å². The van der Waals surface area contributed by atoms with E-state index in [1.165, 1.54) is 11.6 Å². The maximum atomic E-state index is 14.8. The van der Waals surface area contributed by atoms with Crippen molar-refractivity contribution in [3.8, 4) is 0 Å². The third-order valence-corrected chi connectivity index (χ3v) is 6.43. The van der Waals surface area contributed by atoms with Gasteiger partial charge < -0.3 is 19.9 Å². The Balaban J connectivity index is 1.46. The molecular formula is C25H27FN4O2. The van der Waals surface area contributed by atoms with Crippen molar-refractivity contribution in [2.24, 2.45) is 4.99 Å². The molecule has 1 saturated heterocycles. The number of nitrogens with one attached hydrogen (secondary N) is 1. The van der Waals surface area contributed by atoms with Gasteiger partial charge in [0.2, 0.25) is 0 Å². The average molecular weight is 435 g/mol. The summed E-state index contributed by atoms with van der Waals surface area (Å²) in [5.41, 5.74) is 2.51. The SMILES string of the molecule is CN(C(=O)C1=C(c2ccccc2F)N=C(N2CCOCC2)NC1)C1CC1c1ccccc1. The molecule has 1 saturated carbocycles. The highest BCUT2D eigenvalue weighted by atomic mass is 19.1. The number of benzene rings is 2. The van der Waals surface area contributed by atoms with E-state index in [0.29, 0.717) is 61.6 Å². The smallest absolute Gasteiger partial charge is 0.253 e. The summed E-state index contributed by atoms with van der Waals surface area (Å²) < 4.78 is 20.2. The zero-order valence-electron chi connectivity index (χ0n) is 18.1. The Morgan fingerprint density at radius 3 is 2.59 bits per heavy atom. The van der Waals surface area contributed by atoms with Gasteiger partial charge in [0, 0.05) is 37.7 Å². The molecule has 1 aliphatic carbocycles. The Kier molecular flexibility index (Phi) is 5.66. The van der Waals surface area contributed by atoms with E-state index < -0.39 is 0 Å². The molecule has 1 amide bonds. The number of rotatable bonds is 4. The van der Waals surface area contributed by atoms with E-state index in [-0.39, 0.29) is 17.8 Å². The molecule has 1 N–H and O–H groups in total. The molecule has 2 fully saturated rings. The summed E-state index contributed by atoms with van der Waals surface area (Å²) in [6, 6.07) is 16.9. The molecule has 0 radical (unpaired) electrons. The summed E-state index contributed by atoms with van der Waals surface area (Å²) in [6.07, 6.45) is 0.935. The lowest BCUT2D eigenvalue weighted by Gasteiger charge is -2.33. The maximum Gasteiger partial charge on any atom is 0.253 e. The first-order valence-electron chi connectivity index (χ1n) is 11.1. The van der Waals surface area contributed by atoms with E-state index in [1.807, 2.05) is 25.2 Å². The Bertz CT molecular complexity index is 1060. The minimum Gasteiger partial charge on any atom is -0.378 e. The molecule has 2 aromatic rings. The van der Waals surface area contributed by atoms with Gasteiger partial charge in [0.15, 0.2) is 5.96 Å². The lowest BCUT2D eigenvalue weighted by Crippen LogP contribution is -2.50. The summed E-state index contributed by atoms with van der Waals surface area (Å²) in [6.45, 7) is 2.97. The van der Waals surface area contributed by atoms with Crippen molar-refractivity contribution < 1.29 is 13.9 Å². The number of amides is 1. The van der Waals surface area contributed by atoms with Crippen LogP contribution in [0.1, 0.15) is 23.5 Å². The number of likely N-dealkylation sites (N-methyl/N-ethyl adjacent to an activating group) is 1. The van der Waals surface area contributed by atoms with Gasteiger partial charge in [0.05, 0.1) is 31.0 Å². The Labute approximate surface area is 187 Å². The third kappa shape index (κ3) is 4.00. The van der Waals surface area contributed by atoms with Crippen molar-refractivity contribution >= 4 is 17.6 Å². The third-order valence-electron chi connectivity index (χ3n) is 6.43. The van der Waals surface area contributed by atoms with Crippen molar-refractivity contribution in [1.29, 1.82) is 0 Å². The second kappa shape index (κ2) is 8.74. The van der Waals surface area contributed by atoms with Gasteiger partial charge in [-0.3, -0.25) is 4.79 Å². The number of morpholine rings is 1. The highest BCUT2D eigenvalue weighted by Crippen LogP contribution is 2.44. The Morgan fingerprint density at radius 1 is 1.12 bits per heavy atom. The fourth-order valence-electron chi connectivity index (χ4n) is 4.51. The van der Waals surface area contributed by atoms with Crippen LogP contribution in [0.5, 0.6) is 0 Å². The molecule has 166 valence electrons. The maximum absolute atomic E-state index is 14.8. The normalized spacial score (nSPS) is 22.8. The highest BCUT2D eigenvalue weighted by molar-refractivity contribution is 6.05. The van der Waals surface area contributed by atoms with Crippen molar-refractivity contribution in [1.82, 2.24) is 15.1 Å². The number of hydrogen-bond acceptors (Lipinski definition) is 5. The van der Waals surface area contributed by atoms with Gasteiger partial charge >= 0.3 is 0 Å². The fraction of sp³-hybridized carbons (Fsp3) is 0.360. The number of guanidine groups is 1. The van der Waals surface area contributed by atoms with E-state index in [1.54, 1.807) is 23.1 Å². The van der Waals surface area contributed by atoms with Gasteiger partial charge in [0.1, 0.15) is 5.82 Å². The number of nitrogens with zero attached hydrogens (tertiary/aromatic N) is 3. The van der Waals surface area contributed by atoms with E-state index in [9.17, 15) is 9.18 Å². The molecule has 7 heteroatoms. The second-order valence-electron chi connectivity index (χ2n) is 8.43. The summed E-state index contributed by atoms with van der Waals surface area (Å²) in [7, 11) is 1.84. The molecule has 2 aromatic carbocycles. The van der Waals surface area contributed by atoms with E-state index >= 15 is 0 Å². The Hall–Kier alpha value is -3.19. The Morgan fingerprint density at radius 2 is 1.84 bits per heavy atom. The predicted octanol–water partition coefficient (Wildman–Crippen LogP) is 2.84. The van der Waals surface area contributed by atoms with Crippen LogP contribution in [0.2, 0.25) is 0 Å². The molecule has 2 unspecified atom stereocenters. The first-order valence-corrected chi connectivity index (χ1v) is 11.1. The van der Waals surface area contributed by atoms with E-state index in [4.69, 9.17) is 9.73 Å². The molecule has 2 aliphatic heterocycles. The van der Waals surface area contributed by atoms with Crippen molar-refractivity contribution in [2.75, 3.05) is 39.9 Å². The molecule has 2 atom stereocenters. The van der Waals surface area contributed by atoms with Crippen LogP contribution in [0.15, 0.2) is 65.2 Å². The van der Waals surface area contributed by atoms with E-state index in [0.717, 1.165) is 6.42 Å². The lowest BCUT2D eigenvalue weighted by atomic mass is 10.0. The van der Waals surface area contributed by atoms with Crippen LogP contribution in [-0.2, 0) is 9.53 Å². The molecule has 6 nitrogen and oxygen atoms in total. The van der Waals surface area contributed by atoms with Crippen LogP contribution in [0.4, 0.5) is 4.39 Å². The van der Waals surface area contributed by atoms with Crippen LogP contribution in [0.25, 0.3) is 5.70 Å². The molecule has 5 rings (SSSR count). The first kappa shape index (κ1) is 20.7. The molecule has 2 heterocycles. The van der Waals surface area contributed by atoms with Gasteiger partial charge in [0.25, 0.3) is 5.91 Å².